The van der Waals surface area contributed by atoms with Crippen LogP contribution in [0.25, 0.3) is 0 Å². The summed E-state index contributed by atoms with van der Waals surface area (Å²) in [5.41, 5.74) is 4.53. The monoisotopic (exact) mass is 321 g/mol. The van der Waals surface area contributed by atoms with Crippen molar-refractivity contribution in [1.29, 1.82) is 0 Å². The van der Waals surface area contributed by atoms with Crippen molar-refractivity contribution in [3.8, 4) is 0 Å². The molecule has 20 heavy (non-hydrogen) atoms. The van der Waals surface area contributed by atoms with Crippen LogP contribution in [0.3, 0.4) is 0 Å². The predicted molar refractivity (Wildman–Crippen MR) is 74.2 cm³/mol. The fourth-order valence-electron chi connectivity index (χ4n) is 1.94. The predicted octanol–water partition coefficient (Wildman–Crippen LogP) is 1.09. The van der Waals surface area contributed by atoms with Gasteiger partial charge in [-0.25, -0.2) is 13.1 Å². The molecule has 0 amide bonds. The molecule has 0 aromatic carbocycles. The average molecular weight is 321 g/mol. The number of nitrogens with two attached hydrogens (primary N) is 1. The molecule has 2 rings (SSSR count). The molecule has 1 fully saturated rings. The summed E-state index contributed by atoms with van der Waals surface area (Å²) in [6.45, 7) is 2.56. The van der Waals surface area contributed by atoms with E-state index in [9.17, 15) is 18.5 Å². The third-order valence-corrected chi connectivity index (χ3v) is 5.94. The first kappa shape index (κ1) is 15.2. The number of nitro groups is 1. The summed E-state index contributed by atoms with van der Waals surface area (Å²) >= 11 is 0.676. The number of nitrogens with one attached hydrogen (secondary N) is 1. The molecule has 1 aliphatic heterocycles. The van der Waals surface area contributed by atoms with Crippen molar-refractivity contribution in [3.05, 3.63) is 16.2 Å². The Hall–Kier alpha value is -1.23. The molecule has 0 bridgehead atoms. The molecular formula is C10H15N3O5S2. The number of nitrogens with zero attached hydrogens (tertiary/aromatic N) is 1. The van der Waals surface area contributed by atoms with E-state index in [1.165, 1.54) is 0 Å². The van der Waals surface area contributed by atoms with Crippen LogP contribution < -0.4 is 10.5 Å². The maximum atomic E-state index is 12.1. The molecule has 1 saturated heterocycles. The zero-order valence-corrected chi connectivity index (χ0v) is 12.4. The minimum atomic E-state index is -3.82. The van der Waals surface area contributed by atoms with E-state index < -0.39 is 26.2 Å². The van der Waals surface area contributed by atoms with Crippen LogP contribution in [0, 0.1) is 10.1 Å². The standard InChI is InChI=1S/C10H15N3O5S2/c1-10(3-2-4-18-10)6-12-20(16,17)8-5-7(13(14)15)9(11)19-8/h5,12H,2-4,6,11H2,1H3. The van der Waals surface area contributed by atoms with E-state index in [0.717, 1.165) is 18.9 Å². The van der Waals surface area contributed by atoms with Gasteiger partial charge in [-0.1, -0.05) is 11.3 Å². The number of anilines is 1. The number of hydrogen-bond donors (Lipinski definition) is 2. The summed E-state index contributed by atoms with van der Waals surface area (Å²) in [6.07, 6.45) is 1.65. The van der Waals surface area contributed by atoms with E-state index in [0.29, 0.717) is 17.9 Å². The van der Waals surface area contributed by atoms with E-state index in [2.05, 4.69) is 4.72 Å². The molecule has 1 aromatic rings. The van der Waals surface area contributed by atoms with E-state index >= 15 is 0 Å². The molecule has 10 heteroatoms. The Morgan fingerprint density at radius 3 is 2.85 bits per heavy atom. The Kier molecular flexibility index (Phi) is 4.00. The lowest BCUT2D eigenvalue weighted by molar-refractivity contribution is -0.383. The van der Waals surface area contributed by atoms with Crippen molar-refractivity contribution in [3.63, 3.8) is 0 Å². The number of thiophene rings is 1. The highest BCUT2D eigenvalue weighted by Gasteiger charge is 2.32. The van der Waals surface area contributed by atoms with E-state index in [1.807, 2.05) is 6.92 Å². The van der Waals surface area contributed by atoms with Crippen LogP contribution >= 0.6 is 11.3 Å². The molecule has 1 unspecified atom stereocenters. The van der Waals surface area contributed by atoms with E-state index in [-0.39, 0.29) is 15.8 Å². The second-order valence-corrected chi connectivity index (χ2v) is 7.88. The highest BCUT2D eigenvalue weighted by atomic mass is 32.2. The van der Waals surface area contributed by atoms with Gasteiger partial charge in [-0.05, 0) is 19.8 Å². The maximum absolute atomic E-state index is 12.1. The Morgan fingerprint density at radius 1 is 1.65 bits per heavy atom. The van der Waals surface area contributed by atoms with Gasteiger partial charge in [0.05, 0.1) is 10.5 Å². The summed E-state index contributed by atoms with van der Waals surface area (Å²) < 4.78 is 31.9. The zero-order chi connectivity index (χ0) is 15.0. The van der Waals surface area contributed by atoms with Crippen LogP contribution in [0.4, 0.5) is 10.7 Å². The van der Waals surface area contributed by atoms with Crippen molar-refractivity contribution in [2.45, 2.75) is 29.6 Å². The highest BCUT2D eigenvalue weighted by molar-refractivity contribution is 7.91. The second kappa shape index (κ2) is 5.28. The van der Waals surface area contributed by atoms with Crippen LogP contribution in [0.1, 0.15) is 19.8 Å². The minimum absolute atomic E-state index is 0.126. The fraction of sp³-hybridized carbons (Fsp3) is 0.600. The molecule has 8 nitrogen and oxygen atoms in total. The van der Waals surface area contributed by atoms with Crippen molar-refractivity contribution in [1.82, 2.24) is 4.72 Å². The molecule has 0 saturated carbocycles. The smallest absolute Gasteiger partial charge is 0.304 e. The van der Waals surface area contributed by atoms with Gasteiger partial charge in [0, 0.05) is 19.2 Å². The van der Waals surface area contributed by atoms with Gasteiger partial charge in [-0.15, -0.1) is 0 Å². The molecule has 3 N–H and O–H groups in total. The zero-order valence-electron chi connectivity index (χ0n) is 10.8. The average Bonchev–Trinajstić information content (AvgIpc) is 2.94. The van der Waals surface area contributed by atoms with Crippen LogP contribution in [-0.2, 0) is 14.8 Å². The fourth-order valence-corrected chi connectivity index (χ4v) is 4.36. The van der Waals surface area contributed by atoms with Crippen LogP contribution in [0.15, 0.2) is 10.3 Å². The first-order valence-corrected chi connectivity index (χ1v) is 8.21. The third-order valence-electron chi connectivity index (χ3n) is 3.12. The van der Waals surface area contributed by atoms with E-state index in [1.54, 1.807) is 0 Å². The summed E-state index contributed by atoms with van der Waals surface area (Å²) in [4.78, 5) is 9.97. The second-order valence-electron chi connectivity index (χ2n) is 4.80. The van der Waals surface area contributed by atoms with Gasteiger partial charge in [-0.3, -0.25) is 10.1 Å². The molecule has 0 aliphatic carbocycles. The number of rotatable bonds is 5. The first-order valence-electron chi connectivity index (χ1n) is 5.91. The Bertz CT molecular complexity index is 619. The Labute approximate surface area is 120 Å². The van der Waals surface area contributed by atoms with E-state index in [4.69, 9.17) is 10.5 Å². The van der Waals surface area contributed by atoms with Gasteiger partial charge in [0.25, 0.3) is 0 Å². The SMILES string of the molecule is CC1(CNS(=O)(=O)c2cc([N+](=O)[O-])c(N)s2)CCCO1. The lowest BCUT2D eigenvalue weighted by atomic mass is 10.0. The lowest BCUT2D eigenvalue weighted by Crippen LogP contribution is -2.39. The molecule has 0 radical (unpaired) electrons. The maximum Gasteiger partial charge on any atom is 0.304 e. The molecule has 112 valence electrons. The molecule has 2 heterocycles. The molecule has 1 aliphatic rings. The number of nitrogen functional groups attached to an aromatic ring is 1. The van der Waals surface area contributed by atoms with Gasteiger partial charge < -0.3 is 10.5 Å². The van der Waals surface area contributed by atoms with Crippen LogP contribution in [-0.4, -0.2) is 32.1 Å². The molecule has 1 atom stereocenters. The topological polar surface area (TPSA) is 125 Å². The quantitative estimate of drug-likeness (QED) is 0.617. The summed E-state index contributed by atoms with van der Waals surface area (Å²) in [6, 6.07) is 0.972. The number of hydrogen-bond acceptors (Lipinski definition) is 7. The minimum Gasteiger partial charge on any atom is -0.385 e. The van der Waals surface area contributed by atoms with Gasteiger partial charge in [-0.2, -0.15) is 0 Å². The van der Waals surface area contributed by atoms with Crippen molar-refractivity contribution >= 4 is 32.0 Å². The molecular weight excluding hydrogens is 306 g/mol. The normalized spacial score (nSPS) is 23.1. The third kappa shape index (κ3) is 3.08. The summed E-state index contributed by atoms with van der Waals surface area (Å²) in [7, 11) is -3.82. The van der Waals surface area contributed by atoms with Gasteiger partial charge >= 0.3 is 5.69 Å². The number of ether oxygens (including phenoxy) is 1. The van der Waals surface area contributed by atoms with Crippen molar-refractivity contribution in [2.75, 3.05) is 18.9 Å². The lowest BCUT2D eigenvalue weighted by Gasteiger charge is -2.22. The summed E-state index contributed by atoms with van der Waals surface area (Å²) in [5.74, 6) is 0. The van der Waals surface area contributed by atoms with Gasteiger partial charge in [0.15, 0.2) is 5.00 Å². The number of sulfonamides is 1. The highest BCUT2D eigenvalue weighted by Crippen LogP contribution is 2.34. The first-order chi connectivity index (χ1) is 9.23. The molecule has 1 aromatic heterocycles. The largest absolute Gasteiger partial charge is 0.385 e. The van der Waals surface area contributed by atoms with Crippen LogP contribution in [0.5, 0.6) is 0 Å². The Morgan fingerprint density at radius 2 is 2.35 bits per heavy atom. The van der Waals surface area contributed by atoms with Crippen LogP contribution in [0.2, 0.25) is 0 Å². The van der Waals surface area contributed by atoms with Gasteiger partial charge in [0.2, 0.25) is 10.0 Å². The summed E-state index contributed by atoms with van der Waals surface area (Å²) in [5, 5.41) is 10.6. The Balaban J connectivity index is 2.14. The van der Waals surface area contributed by atoms with Crippen molar-refractivity contribution < 1.29 is 18.1 Å². The molecule has 0 spiro atoms. The van der Waals surface area contributed by atoms with Crippen molar-refractivity contribution in [2.24, 2.45) is 0 Å². The van der Waals surface area contributed by atoms with Gasteiger partial charge in [0.1, 0.15) is 4.21 Å².